The van der Waals surface area contributed by atoms with Gasteiger partial charge >= 0.3 is 0 Å². The Balaban J connectivity index is 2.21. The Morgan fingerprint density at radius 3 is 2.87 bits per heavy atom. The molecule has 0 saturated carbocycles. The molecule has 1 aromatic rings. The van der Waals surface area contributed by atoms with E-state index in [1.807, 2.05) is 0 Å². The summed E-state index contributed by atoms with van der Waals surface area (Å²) in [5.41, 5.74) is 2.57. The van der Waals surface area contributed by atoms with Crippen LogP contribution in [0.4, 0.5) is 0 Å². The molecule has 1 aromatic heterocycles. The van der Waals surface area contributed by atoms with E-state index in [1.165, 1.54) is 17.7 Å². The molecule has 0 spiro atoms. The third-order valence-electron chi connectivity index (χ3n) is 3.03. The van der Waals surface area contributed by atoms with Crippen molar-refractivity contribution in [3.8, 4) is 0 Å². The quantitative estimate of drug-likeness (QED) is 0.762. The van der Waals surface area contributed by atoms with Crippen LogP contribution >= 0.6 is 0 Å². The van der Waals surface area contributed by atoms with E-state index in [0.29, 0.717) is 12.0 Å². The van der Waals surface area contributed by atoms with Crippen LogP contribution in [0.25, 0.3) is 0 Å². The van der Waals surface area contributed by atoms with Crippen molar-refractivity contribution in [2.75, 3.05) is 6.54 Å². The first-order valence-corrected chi connectivity index (χ1v) is 5.79. The number of hydrogen-bond donors (Lipinski definition) is 1. The van der Waals surface area contributed by atoms with Gasteiger partial charge < -0.3 is 0 Å². The first kappa shape index (κ1) is 10.4. The zero-order valence-corrected chi connectivity index (χ0v) is 9.83. The lowest BCUT2D eigenvalue weighted by atomic mass is 10.1. The predicted molar refractivity (Wildman–Crippen MR) is 61.2 cm³/mol. The normalized spacial score (nSPS) is 21.2. The van der Waals surface area contributed by atoms with Gasteiger partial charge in [0.05, 0.1) is 11.7 Å². The molecule has 2 heterocycles. The van der Waals surface area contributed by atoms with Crippen LogP contribution in [0.3, 0.4) is 0 Å². The maximum Gasteiger partial charge on any atom is 0.142 e. The molecule has 82 valence electrons. The Morgan fingerprint density at radius 1 is 1.53 bits per heavy atom. The van der Waals surface area contributed by atoms with Crippen molar-refractivity contribution in [1.82, 2.24) is 9.78 Å². The van der Waals surface area contributed by atoms with Crippen LogP contribution in [0.5, 0.6) is 0 Å². The molecule has 1 N–H and O–H groups in total. The molecule has 0 fully saturated rings. The summed E-state index contributed by atoms with van der Waals surface area (Å²) >= 11 is 0. The lowest BCUT2D eigenvalue weighted by Crippen LogP contribution is -2.71. The van der Waals surface area contributed by atoms with Crippen LogP contribution in [-0.2, 0) is 0 Å². The minimum Gasteiger partial charge on any atom is -0.268 e. The van der Waals surface area contributed by atoms with Crippen molar-refractivity contribution in [1.29, 1.82) is 0 Å². The topological polar surface area (TPSA) is 31.8 Å². The highest BCUT2D eigenvalue weighted by Crippen LogP contribution is 2.21. The molecular formula is C12H20N3+. The minimum atomic E-state index is 0.525. The summed E-state index contributed by atoms with van der Waals surface area (Å²) in [6, 6.07) is 0.553. The van der Waals surface area contributed by atoms with Gasteiger partial charge in [-0.1, -0.05) is 13.8 Å². The molecule has 3 heteroatoms. The third kappa shape index (κ3) is 2.11. The standard InChI is InChI=1S/C12H19N3/c1-9(2)12-10(3)8-15(14-12)11-4-6-13-7-5-11/h6,8-9,11H,4-5,7H2,1-3H3/p+1. The lowest BCUT2D eigenvalue weighted by Gasteiger charge is -2.14. The predicted octanol–water partition coefficient (Wildman–Crippen LogP) is 0.801. The molecule has 0 bridgehead atoms. The van der Waals surface area contributed by atoms with E-state index in [1.54, 1.807) is 0 Å². The number of aryl methyl sites for hydroxylation is 1. The van der Waals surface area contributed by atoms with Crippen molar-refractivity contribution in [2.24, 2.45) is 0 Å². The second kappa shape index (κ2) is 4.17. The SMILES string of the molecule is Cc1cn(C2CC=[NH+]CC2)nc1C(C)C. The molecule has 2 rings (SSSR count). The van der Waals surface area contributed by atoms with Crippen LogP contribution in [0.1, 0.15) is 49.9 Å². The van der Waals surface area contributed by atoms with E-state index in [9.17, 15) is 0 Å². The van der Waals surface area contributed by atoms with Crippen molar-refractivity contribution in [3.05, 3.63) is 17.5 Å². The van der Waals surface area contributed by atoms with Gasteiger partial charge in [-0.2, -0.15) is 5.10 Å². The zero-order valence-electron chi connectivity index (χ0n) is 9.83. The maximum absolute atomic E-state index is 4.70. The summed E-state index contributed by atoms with van der Waals surface area (Å²) in [5, 5.41) is 4.70. The highest BCUT2D eigenvalue weighted by atomic mass is 15.3. The van der Waals surface area contributed by atoms with Gasteiger partial charge in [0.15, 0.2) is 0 Å². The van der Waals surface area contributed by atoms with Gasteiger partial charge in [0.25, 0.3) is 0 Å². The van der Waals surface area contributed by atoms with Crippen LogP contribution in [0, 0.1) is 6.92 Å². The van der Waals surface area contributed by atoms with Gasteiger partial charge in [0.2, 0.25) is 0 Å². The second-order valence-corrected chi connectivity index (χ2v) is 4.67. The highest BCUT2D eigenvalue weighted by molar-refractivity contribution is 5.51. The summed E-state index contributed by atoms with van der Waals surface area (Å²) < 4.78 is 2.15. The summed E-state index contributed by atoms with van der Waals surface area (Å²) in [6.45, 7) is 7.63. The Morgan fingerprint density at radius 2 is 2.33 bits per heavy atom. The molecule has 0 aromatic carbocycles. The van der Waals surface area contributed by atoms with E-state index in [4.69, 9.17) is 5.10 Å². The van der Waals surface area contributed by atoms with E-state index in [0.717, 1.165) is 13.0 Å². The van der Waals surface area contributed by atoms with Gasteiger partial charge in [-0.05, 0) is 18.4 Å². The molecule has 1 aliphatic rings. The molecule has 1 aliphatic heterocycles. The third-order valence-corrected chi connectivity index (χ3v) is 3.03. The maximum atomic E-state index is 4.70. The molecule has 15 heavy (non-hydrogen) atoms. The molecule has 3 nitrogen and oxygen atoms in total. The van der Waals surface area contributed by atoms with Crippen LogP contribution in [0.15, 0.2) is 6.20 Å². The van der Waals surface area contributed by atoms with E-state index >= 15 is 0 Å². The molecule has 0 amide bonds. The Kier molecular flexibility index (Phi) is 2.89. The Labute approximate surface area is 91.2 Å². The van der Waals surface area contributed by atoms with Crippen molar-refractivity contribution in [3.63, 3.8) is 0 Å². The van der Waals surface area contributed by atoms with Crippen molar-refractivity contribution in [2.45, 2.75) is 45.6 Å². The van der Waals surface area contributed by atoms with Gasteiger partial charge in [0.1, 0.15) is 12.8 Å². The molecular weight excluding hydrogens is 186 g/mol. The molecule has 1 unspecified atom stereocenters. The molecule has 0 aliphatic carbocycles. The average Bonchev–Trinajstić information content (AvgIpc) is 2.62. The first-order valence-electron chi connectivity index (χ1n) is 5.79. The fourth-order valence-corrected chi connectivity index (χ4v) is 2.18. The molecule has 0 saturated heterocycles. The molecule has 0 radical (unpaired) electrons. The summed E-state index contributed by atoms with van der Waals surface area (Å²) in [4.78, 5) is 3.26. The number of rotatable bonds is 2. The first-order chi connectivity index (χ1) is 7.18. The summed E-state index contributed by atoms with van der Waals surface area (Å²) in [5.74, 6) is 0.525. The van der Waals surface area contributed by atoms with Crippen molar-refractivity contribution < 1.29 is 4.99 Å². The fraction of sp³-hybridized carbons (Fsp3) is 0.667. The van der Waals surface area contributed by atoms with E-state index in [2.05, 4.69) is 42.9 Å². The number of nitrogens with zero attached hydrogens (tertiary/aromatic N) is 2. The van der Waals surface area contributed by atoms with Gasteiger partial charge in [-0.15, -0.1) is 0 Å². The number of aromatic nitrogens is 2. The minimum absolute atomic E-state index is 0.525. The zero-order chi connectivity index (χ0) is 10.8. The van der Waals surface area contributed by atoms with Crippen LogP contribution in [-0.4, -0.2) is 22.5 Å². The largest absolute Gasteiger partial charge is 0.268 e. The van der Waals surface area contributed by atoms with Crippen molar-refractivity contribution >= 4 is 6.21 Å². The number of nitrogens with one attached hydrogen (secondary N) is 1. The van der Waals surface area contributed by atoms with Gasteiger partial charge in [-0.25, -0.2) is 0 Å². The smallest absolute Gasteiger partial charge is 0.142 e. The van der Waals surface area contributed by atoms with Gasteiger partial charge in [0, 0.05) is 19.0 Å². The molecule has 1 atom stereocenters. The van der Waals surface area contributed by atoms with E-state index in [-0.39, 0.29) is 0 Å². The Hall–Kier alpha value is -1.12. The average molecular weight is 206 g/mol. The van der Waals surface area contributed by atoms with Gasteiger partial charge in [-0.3, -0.25) is 9.67 Å². The highest BCUT2D eigenvalue weighted by Gasteiger charge is 2.18. The second-order valence-electron chi connectivity index (χ2n) is 4.67. The van der Waals surface area contributed by atoms with Crippen LogP contribution in [0.2, 0.25) is 0 Å². The fourth-order valence-electron chi connectivity index (χ4n) is 2.18. The number of hydrogen-bond acceptors (Lipinski definition) is 1. The summed E-state index contributed by atoms with van der Waals surface area (Å²) in [7, 11) is 0. The summed E-state index contributed by atoms with van der Waals surface area (Å²) in [6.07, 6.45) is 6.60. The van der Waals surface area contributed by atoms with E-state index < -0.39 is 0 Å². The van der Waals surface area contributed by atoms with Crippen LogP contribution < -0.4 is 4.99 Å². The Bertz CT molecular complexity index is 363. The monoisotopic (exact) mass is 206 g/mol. The lowest BCUT2D eigenvalue weighted by molar-refractivity contribution is -0.459.